The first-order chi connectivity index (χ1) is 9.63. The molecular weight excluding hydrogens is 255 g/mol. The number of carbonyl (C=O) groups excluding carboxylic acids is 1. The smallest absolute Gasteiger partial charge is 0.255 e. The molecule has 2 N–H and O–H groups in total. The number of fused-ring (bicyclic) bond motifs is 1. The Balaban J connectivity index is 1.84. The average molecular weight is 270 g/mol. The second kappa shape index (κ2) is 4.96. The van der Waals surface area contributed by atoms with Crippen LogP contribution in [0.3, 0.4) is 0 Å². The minimum absolute atomic E-state index is 0.212. The lowest BCUT2D eigenvalue weighted by molar-refractivity contribution is 0.102. The summed E-state index contributed by atoms with van der Waals surface area (Å²) >= 11 is 0. The van der Waals surface area contributed by atoms with Gasteiger partial charge in [0, 0.05) is 17.8 Å². The van der Waals surface area contributed by atoms with E-state index in [0.29, 0.717) is 5.56 Å². The standard InChI is InChI=1S/C16H15FN2O/c1-10-2-5-13(17)15(8-10)19-16(20)12-4-3-11-6-7-18-14(11)9-12/h2-5,8-9,18H,6-7H2,1H3,(H,19,20). The largest absolute Gasteiger partial charge is 0.384 e. The lowest BCUT2D eigenvalue weighted by atomic mass is 10.1. The zero-order chi connectivity index (χ0) is 14.1. The van der Waals surface area contributed by atoms with Crippen LogP contribution in [0, 0.1) is 12.7 Å². The quantitative estimate of drug-likeness (QED) is 0.878. The molecule has 4 heteroatoms. The Kier molecular flexibility index (Phi) is 3.14. The van der Waals surface area contributed by atoms with E-state index in [1.807, 2.05) is 19.1 Å². The predicted octanol–water partition coefficient (Wildman–Crippen LogP) is 3.35. The van der Waals surface area contributed by atoms with Gasteiger partial charge in [0.2, 0.25) is 0 Å². The number of aryl methyl sites for hydroxylation is 1. The zero-order valence-electron chi connectivity index (χ0n) is 11.2. The Morgan fingerprint density at radius 3 is 2.95 bits per heavy atom. The molecule has 1 aliphatic rings. The second-order valence-electron chi connectivity index (χ2n) is 4.99. The van der Waals surface area contributed by atoms with E-state index < -0.39 is 5.82 Å². The molecule has 0 unspecified atom stereocenters. The van der Waals surface area contributed by atoms with Gasteiger partial charge in [0.1, 0.15) is 5.82 Å². The maximum Gasteiger partial charge on any atom is 0.255 e. The number of nitrogens with one attached hydrogen (secondary N) is 2. The highest BCUT2D eigenvalue weighted by Gasteiger charge is 2.14. The van der Waals surface area contributed by atoms with Gasteiger partial charge in [0.15, 0.2) is 0 Å². The molecule has 1 amide bonds. The summed E-state index contributed by atoms with van der Waals surface area (Å²) in [5.74, 6) is -0.728. The van der Waals surface area contributed by atoms with Crippen molar-refractivity contribution in [3.63, 3.8) is 0 Å². The molecule has 0 spiro atoms. The molecule has 0 radical (unpaired) electrons. The van der Waals surface area contributed by atoms with Crippen LogP contribution in [0.5, 0.6) is 0 Å². The van der Waals surface area contributed by atoms with Gasteiger partial charge < -0.3 is 10.6 Å². The molecule has 2 aromatic carbocycles. The molecule has 20 heavy (non-hydrogen) atoms. The molecule has 0 atom stereocenters. The Morgan fingerprint density at radius 2 is 2.10 bits per heavy atom. The highest BCUT2D eigenvalue weighted by Crippen LogP contribution is 2.24. The van der Waals surface area contributed by atoms with E-state index in [1.165, 1.54) is 11.6 Å². The SMILES string of the molecule is Cc1ccc(F)c(NC(=O)c2ccc3c(c2)NCC3)c1. The number of hydrogen-bond acceptors (Lipinski definition) is 2. The Hall–Kier alpha value is -2.36. The van der Waals surface area contributed by atoms with Crippen molar-refractivity contribution in [2.45, 2.75) is 13.3 Å². The third kappa shape index (κ3) is 2.37. The number of halogens is 1. The summed E-state index contributed by atoms with van der Waals surface area (Å²) in [5, 5.41) is 5.84. The van der Waals surface area contributed by atoms with Gasteiger partial charge in [-0.2, -0.15) is 0 Å². The Morgan fingerprint density at radius 1 is 1.25 bits per heavy atom. The monoisotopic (exact) mass is 270 g/mol. The second-order valence-corrected chi connectivity index (χ2v) is 4.99. The third-order valence-corrected chi connectivity index (χ3v) is 3.45. The van der Waals surface area contributed by atoms with E-state index in [2.05, 4.69) is 10.6 Å². The van der Waals surface area contributed by atoms with E-state index in [1.54, 1.807) is 18.2 Å². The molecule has 1 heterocycles. The van der Waals surface area contributed by atoms with Crippen LogP contribution >= 0.6 is 0 Å². The molecule has 0 fully saturated rings. The number of hydrogen-bond donors (Lipinski definition) is 2. The van der Waals surface area contributed by atoms with Crippen LogP contribution < -0.4 is 10.6 Å². The molecule has 0 aliphatic carbocycles. The van der Waals surface area contributed by atoms with Gasteiger partial charge >= 0.3 is 0 Å². The fourth-order valence-corrected chi connectivity index (χ4v) is 2.36. The molecule has 0 bridgehead atoms. The molecular formula is C16H15FN2O. The van der Waals surface area contributed by atoms with Crippen molar-refractivity contribution in [2.24, 2.45) is 0 Å². The van der Waals surface area contributed by atoms with Crippen molar-refractivity contribution in [2.75, 3.05) is 17.2 Å². The van der Waals surface area contributed by atoms with Crippen LogP contribution in [0.15, 0.2) is 36.4 Å². The van der Waals surface area contributed by atoms with E-state index in [0.717, 1.165) is 24.2 Å². The summed E-state index contributed by atoms with van der Waals surface area (Å²) < 4.78 is 13.6. The Bertz CT molecular complexity index is 682. The van der Waals surface area contributed by atoms with Crippen molar-refractivity contribution < 1.29 is 9.18 Å². The van der Waals surface area contributed by atoms with Crippen LogP contribution in [0.1, 0.15) is 21.5 Å². The van der Waals surface area contributed by atoms with Crippen molar-refractivity contribution in [1.82, 2.24) is 0 Å². The van der Waals surface area contributed by atoms with Crippen molar-refractivity contribution in [3.8, 4) is 0 Å². The van der Waals surface area contributed by atoms with Gasteiger partial charge in [0.05, 0.1) is 5.69 Å². The van der Waals surface area contributed by atoms with Crippen LogP contribution in [0.2, 0.25) is 0 Å². The first-order valence-electron chi connectivity index (χ1n) is 6.58. The van der Waals surface area contributed by atoms with Gasteiger partial charge in [-0.1, -0.05) is 12.1 Å². The minimum atomic E-state index is -0.428. The maximum atomic E-state index is 13.6. The maximum absolute atomic E-state index is 13.6. The van der Waals surface area contributed by atoms with Crippen molar-refractivity contribution >= 4 is 17.3 Å². The Labute approximate surface area is 116 Å². The van der Waals surface area contributed by atoms with Gasteiger partial charge in [-0.15, -0.1) is 0 Å². The lowest BCUT2D eigenvalue weighted by Crippen LogP contribution is -2.13. The molecule has 0 aromatic heterocycles. The van der Waals surface area contributed by atoms with Crippen molar-refractivity contribution in [1.29, 1.82) is 0 Å². The number of anilines is 2. The summed E-state index contributed by atoms with van der Waals surface area (Å²) in [7, 11) is 0. The van der Waals surface area contributed by atoms with Crippen LogP contribution in [0.25, 0.3) is 0 Å². The van der Waals surface area contributed by atoms with Gasteiger partial charge in [0.25, 0.3) is 5.91 Å². The first-order valence-corrected chi connectivity index (χ1v) is 6.58. The van der Waals surface area contributed by atoms with Crippen molar-refractivity contribution in [3.05, 3.63) is 58.9 Å². The number of rotatable bonds is 2. The summed E-state index contributed by atoms with van der Waals surface area (Å²) in [5.41, 5.74) is 3.84. The molecule has 3 nitrogen and oxygen atoms in total. The summed E-state index contributed by atoms with van der Waals surface area (Å²) in [6.07, 6.45) is 0.976. The summed E-state index contributed by atoms with van der Waals surface area (Å²) in [6, 6.07) is 10.2. The van der Waals surface area contributed by atoms with Gasteiger partial charge in [-0.05, 0) is 48.7 Å². The fraction of sp³-hybridized carbons (Fsp3) is 0.188. The normalized spacial score (nSPS) is 12.7. The summed E-state index contributed by atoms with van der Waals surface area (Å²) in [4.78, 5) is 12.2. The molecule has 2 aromatic rings. The van der Waals surface area contributed by atoms with Gasteiger partial charge in [-0.25, -0.2) is 4.39 Å². The predicted molar refractivity (Wildman–Crippen MR) is 77.7 cm³/mol. The average Bonchev–Trinajstić information content (AvgIpc) is 2.90. The minimum Gasteiger partial charge on any atom is -0.384 e. The van der Waals surface area contributed by atoms with Crippen LogP contribution in [-0.4, -0.2) is 12.5 Å². The number of amides is 1. The molecule has 3 rings (SSSR count). The molecule has 1 aliphatic heterocycles. The summed E-state index contributed by atoms with van der Waals surface area (Å²) in [6.45, 7) is 2.75. The number of carbonyl (C=O) groups is 1. The van der Waals surface area contributed by atoms with E-state index in [-0.39, 0.29) is 11.6 Å². The highest BCUT2D eigenvalue weighted by atomic mass is 19.1. The van der Waals surface area contributed by atoms with Gasteiger partial charge in [-0.3, -0.25) is 4.79 Å². The van der Waals surface area contributed by atoms with E-state index in [9.17, 15) is 9.18 Å². The number of benzene rings is 2. The first kappa shape index (κ1) is 12.7. The van der Waals surface area contributed by atoms with Crippen LogP contribution in [-0.2, 0) is 6.42 Å². The zero-order valence-corrected chi connectivity index (χ0v) is 11.2. The fourth-order valence-electron chi connectivity index (χ4n) is 2.36. The van der Waals surface area contributed by atoms with E-state index >= 15 is 0 Å². The van der Waals surface area contributed by atoms with Crippen LogP contribution in [0.4, 0.5) is 15.8 Å². The molecule has 0 saturated carbocycles. The molecule has 0 saturated heterocycles. The molecule has 102 valence electrons. The topological polar surface area (TPSA) is 41.1 Å². The van der Waals surface area contributed by atoms with E-state index in [4.69, 9.17) is 0 Å². The lowest BCUT2D eigenvalue weighted by Gasteiger charge is -2.08. The highest BCUT2D eigenvalue weighted by molar-refractivity contribution is 6.05. The third-order valence-electron chi connectivity index (χ3n) is 3.45.